The van der Waals surface area contributed by atoms with Crippen LogP contribution in [0.3, 0.4) is 0 Å². The molecule has 0 aromatic carbocycles. The van der Waals surface area contributed by atoms with Crippen molar-refractivity contribution in [1.82, 2.24) is 9.80 Å². The van der Waals surface area contributed by atoms with E-state index in [-0.39, 0.29) is 0 Å². The van der Waals surface area contributed by atoms with E-state index in [0.717, 1.165) is 0 Å². The van der Waals surface area contributed by atoms with Gasteiger partial charge in [0.15, 0.2) is 6.10 Å². The van der Waals surface area contributed by atoms with Crippen LogP contribution >= 0.6 is 0 Å². The van der Waals surface area contributed by atoms with Crippen LogP contribution in [0.5, 0.6) is 0 Å². The zero-order valence-corrected chi connectivity index (χ0v) is 11.3. The van der Waals surface area contributed by atoms with Crippen molar-refractivity contribution in [3.63, 3.8) is 0 Å². The molecule has 0 saturated carbocycles. The fraction of sp³-hybridized carbons (Fsp3) is 0.917. The van der Waals surface area contributed by atoms with Crippen LogP contribution in [0, 0.1) is 0 Å². The van der Waals surface area contributed by atoms with Crippen molar-refractivity contribution in [3.8, 4) is 0 Å². The normalized spacial score (nSPS) is 28.7. The summed E-state index contributed by atoms with van der Waals surface area (Å²) in [5.41, 5.74) is -0.730. The second kappa shape index (κ2) is 5.56. The Hall–Kier alpha value is -0.980. The average Bonchev–Trinajstić information content (AvgIpc) is 2.29. The SMILES string of the molecule is [2H]C1([2H])CN(C(C)(C)C)C([2H])([2H])CN1C(=O)OC(C)C(F)(F)F. The van der Waals surface area contributed by atoms with Gasteiger partial charge in [-0.15, -0.1) is 0 Å². The van der Waals surface area contributed by atoms with Gasteiger partial charge in [0.25, 0.3) is 0 Å². The maximum Gasteiger partial charge on any atom is 0.425 e. The van der Waals surface area contributed by atoms with Crippen LogP contribution in [0.25, 0.3) is 0 Å². The van der Waals surface area contributed by atoms with E-state index in [1.54, 1.807) is 20.8 Å². The molecule has 1 amide bonds. The van der Waals surface area contributed by atoms with Crippen LogP contribution < -0.4 is 0 Å². The number of rotatable bonds is 1. The molecule has 112 valence electrons. The lowest BCUT2D eigenvalue weighted by Gasteiger charge is -2.42. The molecule has 0 aliphatic carbocycles. The van der Waals surface area contributed by atoms with Gasteiger partial charge in [0.1, 0.15) is 0 Å². The van der Waals surface area contributed by atoms with E-state index in [4.69, 9.17) is 5.48 Å². The van der Waals surface area contributed by atoms with Crippen molar-refractivity contribution < 1.29 is 28.2 Å². The molecule has 0 N–H and O–H groups in total. The quantitative estimate of drug-likeness (QED) is 0.742. The minimum absolute atomic E-state index is 0.372. The maximum absolute atomic E-state index is 12.5. The third-order valence-corrected chi connectivity index (χ3v) is 2.61. The van der Waals surface area contributed by atoms with Gasteiger partial charge in [-0.05, 0) is 27.7 Å². The van der Waals surface area contributed by atoms with Crippen molar-refractivity contribution >= 4 is 6.09 Å². The van der Waals surface area contributed by atoms with E-state index in [2.05, 4.69) is 4.74 Å². The lowest BCUT2D eigenvalue weighted by atomic mass is 10.1. The molecule has 1 rings (SSSR count). The largest absolute Gasteiger partial charge is 0.437 e. The van der Waals surface area contributed by atoms with E-state index >= 15 is 0 Å². The summed E-state index contributed by atoms with van der Waals surface area (Å²) in [7, 11) is 0. The Morgan fingerprint density at radius 2 is 1.84 bits per heavy atom. The van der Waals surface area contributed by atoms with Crippen LogP contribution in [0.1, 0.15) is 33.2 Å². The van der Waals surface area contributed by atoms with Gasteiger partial charge < -0.3 is 9.64 Å². The highest BCUT2D eigenvalue weighted by Crippen LogP contribution is 2.23. The first-order valence-electron chi connectivity index (χ1n) is 7.81. The number of ether oxygens (including phenoxy) is 1. The van der Waals surface area contributed by atoms with E-state index in [1.807, 2.05) is 0 Å². The summed E-state index contributed by atoms with van der Waals surface area (Å²) in [5, 5.41) is 0. The molecule has 1 heterocycles. The zero-order chi connectivity index (χ0) is 18.4. The summed E-state index contributed by atoms with van der Waals surface area (Å²) in [5.74, 6) is 0. The minimum Gasteiger partial charge on any atom is -0.437 e. The standard InChI is InChI=1S/C12H21F3N2O2/c1-9(12(13,14)15)19-10(18)16-5-7-17(8-6-16)11(2,3)4/h9H,5-8H2,1-4H3/i5D2,8D2. The highest BCUT2D eigenvalue weighted by atomic mass is 19.4. The molecule has 1 fully saturated rings. The Labute approximate surface area is 117 Å². The number of piperazine rings is 1. The van der Waals surface area contributed by atoms with Crippen molar-refractivity contribution in [2.24, 2.45) is 0 Å². The van der Waals surface area contributed by atoms with Crippen LogP contribution in [0.2, 0.25) is 0 Å². The number of halogens is 3. The van der Waals surface area contributed by atoms with E-state index in [0.29, 0.717) is 11.8 Å². The van der Waals surface area contributed by atoms with E-state index in [9.17, 15) is 18.0 Å². The molecule has 0 spiro atoms. The molecular weight excluding hydrogens is 261 g/mol. The number of nitrogens with zero attached hydrogens (tertiary/aromatic N) is 2. The molecule has 1 aliphatic rings. The summed E-state index contributed by atoms with van der Waals surface area (Å²) in [6, 6.07) is 0. The Bertz CT molecular complexity index is 466. The monoisotopic (exact) mass is 286 g/mol. The number of amides is 1. The van der Waals surface area contributed by atoms with Crippen LogP contribution in [-0.4, -0.2) is 59.8 Å². The van der Waals surface area contributed by atoms with Gasteiger partial charge in [-0.1, -0.05) is 0 Å². The molecule has 4 nitrogen and oxygen atoms in total. The van der Waals surface area contributed by atoms with Gasteiger partial charge in [0, 0.05) is 34.4 Å². The predicted octanol–water partition coefficient (Wildman–Crippen LogP) is 2.49. The van der Waals surface area contributed by atoms with E-state index < -0.39 is 50.0 Å². The van der Waals surface area contributed by atoms with Crippen LogP contribution in [-0.2, 0) is 4.74 Å². The highest BCUT2D eigenvalue weighted by Gasteiger charge is 2.40. The number of hydrogen-bond acceptors (Lipinski definition) is 3. The first-order chi connectivity index (χ1) is 9.98. The average molecular weight is 286 g/mol. The summed E-state index contributed by atoms with van der Waals surface area (Å²) in [6.45, 7) is -0.0132. The molecule has 7 heteroatoms. The molecule has 19 heavy (non-hydrogen) atoms. The first kappa shape index (κ1) is 10.8. The zero-order valence-electron chi connectivity index (χ0n) is 15.3. The lowest BCUT2D eigenvalue weighted by molar-refractivity contribution is -0.200. The fourth-order valence-corrected chi connectivity index (χ4v) is 1.31. The van der Waals surface area contributed by atoms with Crippen molar-refractivity contribution in [3.05, 3.63) is 0 Å². The van der Waals surface area contributed by atoms with Gasteiger partial charge in [-0.25, -0.2) is 4.79 Å². The summed E-state index contributed by atoms with van der Waals surface area (Å²) in [4.78, 5) is 13.5. The number of alkyl halides is 3. The van der Waals surface area contributed by atoms with Crippen LogP contribution in [0.4, 0.5) is 18.0 Å². The Morgan fingerprint density at radius 3 is 2.32 bits per heavy atom. The first-order valence-corrected chi connectivity index (χ1v) is 5.81. The van der Waals surface area contributed by atoms with Gasteiger partial charge in [0.2, 0.25) is 0 Å². The molecule has 1 saturated heterocycles. The minimum atomic E-state index is -4.77. The molecule has 0 radical (unpaired) electrons. The number of carbonyl (C=O) groups is 1. The predicted molar refractivity (Wildman–Crippen MR) is 64.9 cm³/mol. The van der Waals surface area contributed by atoms with Gasteiger partial charge in [-0.3, -0.25) is 4.90 Å². The second-order valence-corrected chi connectivity index (χ2v) is 5.23. The molecule has 0 aromatic rings. The van der Waals surface area contributed by atoms with E-state index in [1.165, 1.54) is 4.90 Å². The lowest BCUT2D eigenvalue weighted by Crippen LogP contribution is -2.55. The summed E-state index contributed by atoms with van der Waals surface area (Å²) >= 11 is 0. The maximum atomic E-state index is 12.5. The summed E-state index contributed by atoms with van der Waals surface area (Å²) in [6.07, 6.45) is -8.70. The Kier molecular flexibility index (Phi) is 3.15. The fourth-order valence-electron chi connectivity index (χ4n) is 1.31. The van der Waals surface area contributed by atoms with Crippen molar-refractivity contribution in [2.45, 2.75) is 45.5 Å². The van der Waals surface area contributed by atoms with Crippen molar-refractivity contribution in [1.29, 1.82) is 0 Å². The molecule has 1 atom stereocenters. The third kappa shape index (κ3) is 4.56. The highest BCUT2D eigenvalue weighted by molar-refractivity contribution is 5.68. The van der Waals surface area contributed by atoms with Crippen LogP contribution in [0.15, 0.2) is 0 Å². The van der Waals surface area contributed by atoms with Gasteiger partial charge in [0.05, 0.1) is 2.74 Å². The number of carbonyl (C=O) groups excluding carboxylic acids is 1. The van der Waals surface area contributed by atoms with Crippen molar-refractivity contribution in [2.75, 3.05) is 26.1 Å². The Morgan fingerprint density at radius 1 is 1.26 bits per heavy atom. The van der Waals surface area contributed by atoms with Gasteiger partial charge >= 0.3 is 12.3 Å². The third-order valence-electron chi connectivity index (χ3n) is 2.61. The van der Waals surface area contributed by atoms with Gasteiger partial charge in [-0.2, -0.15) is 13.2 Å². The molecule has 1 unspecified atom stereocenters. The number of hydrogen-bond donors (Lipinski definition) is 0. The topological polar surface area (TPSA) is 32.8 Å². The Balaban J connectivity index is 3.00. The molecule has 1 aliphatic heterocycles. The smallest absolute Gasteiger partial charge is 0.425 e. The molecule has 0 aromatic heterocycles. The summed E-state index contributed by atoms with van der Waals surface area (Å²) < 4.78 is 73.4. The molecular formula is C12H21F3N2O2. The second-order valence-electron chi connectivity index (χ2n) is 5.23. The molecule has 0 bridgehead atoms.